The van der Waals surface area contributed by atoms with Crippen LogP contribution in [0.1, 0.15) is 44.5 Å². The lowest BCUT2D eigenvalue weighted by Crippen LogP contribution is -2.23. The lowest BCUT2D eigenvalue weighted by atomic mass is 9.95. The predicted molar refractivity (Wildman–Crippen MR) is 149 cm³/mol. The molecule has 2 aromatic carbocycles. The molecule has 2 amide bonds. The number of benzene rings is 2. The van der Waals surface area contributed by atoms with Gasteiger partial charge in [-0.05, 0) is 49.6 Å². The molecule has 11 nitrogen and oxygen atoms in total. The van der Waals surface area contributed by atoms with Crippen molar-refractivity contribution in [3.63, 3.8) is 0 Å². The van der Waals surface area contributed by atoms with Gasteiger partial charge in [0.1, 0.15) is 11.5 Å². The summed E-state index contributed by atoms with van der Waals surface area (Å²) in [5.41, 5.74) is 2.58. The summed E-state index contributed by atoms with van der Waals surface area (Å²) < 4.78 is 20.5. The number of hydrogen-bond acceptors (Lipinski definition) is 7. The van der Waals surface area contributed by atoms with E-state index in [1.807, 2.05) is 6.92 Å². The fraction of sp³-hybridized carbons (Fsp3) is 0.296. The van der Waals surface area contributed by atoms with Crippen LogP contribution in [0.2, 0.25) is 5.02 Å². The Kier molecular flexibility index (Phi) is 7.96. The summed E-state index contributed by atoms with van der Waals surface area (Å²) in [7, 11) is 1.28. The minimum absolute atomic E-state index is 0.00654. The van der Waals surface area contributed by atoms with Crippen LogP contribution >= 0.6 is 11.6 Å². The van der Waals surface area contributed by atoms with Gasteiger partial charge in [-0.25, -0.2) is 18.9 Å². The van der Waals surface area contributed by atoms with Crippen molar-refractivity contribution in [1.82, 2.24) is 25.0 Å². The number of carbonyl (C=O) groups is 2. The van der Waals surface area contributed by atoms with E-state index >= 15 is 0 Å². The smallest absolute Gasteiger partial charge is 0.411 e. The Bertz CT molecular complexity index is 1540. The molecule has 0 radical (unpaired) electrons. The number of rotatable bonds is 5. The van der Waals surface area contributed by atoms with Gasteiger partial charge in [0.25, 0.3) is 0 Å². The number of nitrogens with one attached hydrogen (secondary N) is 4. The van der Waals surface area contributed by atoms with Crippen molar-refractivity contribution in [2.75, 3.05) is 23.1 Å². The summed E-state index contributed by atoms with van der Waals surface area (Å²) >= 11 is 5.93. The van der Waals surface area contributed by atoms with Crippen molar-refractivity contribution in [2.24, 2.45) is 5.92 Å². The molecule has 2 atom stereocenters. The second-order valence-corrected chi connectivity index (χ2v) is 9.81. The molecule has 0 fully saturated rings. The van der Waals surface area contributed by atoms with Gasteiger partial charge in [-0.3, -0.25) is 10.1 Å². The van der Waals surface area contributed by atoms with Gasteiger partial charge in [0.2, 0.25) is 5.91 Å². The van der Waals surface area contributed by atoms with Gasteiger partial charge in [-0.1, -0.05) is 36.2 Å². The monoisotopic (exact) mass is 566 g/mol. The lowest BCUT2D eigenvalue weighted by molar-refractivity contribution is -0.120. The van der Waals surface area contributed by atoms with E-state index < -0.39 is 11.9 Å². The average Bonchev–Trinajstić information content (AvgIpc) is 3.62. The Labute approximate surface area is 234 Å². The Hall–Kier alpha value is -4.45. The molecule has 0 aliphatic carbocycles. The van der Waals surface area contributed by atoms with Crippen molar-refractivity contribution in [3.8, 4) is 16.9 Å². The number of anilines is 3. The van der Waals surface area contributed by atoms with E-state index in [1.54, 1.807) is 42.7 Å². The maximum Gasteiger partial charge on any atom is 0.411 e. The van der Waals surface area contributed by atoms with E-state index in [-0.39, 0.29) is 28.6 Å². The first-order valence-electron chi connectivity index (χ1n) is 12.8. The topological polar surface area (TPSA) is 139 Å². The van der Waals surface area contributed by atoms with Crippen LogP contribution in [-0.2, 0) is 9.53 Å². The summed E-state index contributed by atoms with van der Waals surface area (Å²) in [4.78, 5) is 32.9. The molecule has 40 heavy (non-hydrogen) atoms. The molecule has 208 valence electrons. The van der Waals surface area contributed by atoms with Crippen LogP contribution in [-0.4, -0.2) is 44.1 Å². The van der Waals surface area contributed by atoms with Gasteiger partial charge in [-0.2, -0.15) is 0 Å². The molecule has 2 bridgehead atoms. The second-order valence-electron chi connectivity index (χ2n) is 9.40. The quantitative estimate of drug-likeness (QED) is 0.235. The minimum Gasteiger partial charge on any atom is -0.453 e. The maximum atomic E-state index is 14.5. The molecule has 0 saturated carbocycles. The third-order valence-corrected chi connectivity index (χ3v) is 7.12. The van der Waals surface area contributed by atoms with Gasteiger partial charge in [0, 0.05) is 17.2 Å². The summed E-state index contributed by atoms with van der Waals surface area (Å²) in [6, 6.07) is 9.58. The van der Waals surface area contributed by atoms with Gasteiger partial charge >= 0.3 is 6.09 Å². The number of amides is 2. The third-order valence-electron chi connectivity index (χ3n) is 6.83. The zero-order valence-electron chi connectivity index (χ0n) is 21.9. The first-order valence-corrected chi connectivity index (χ1v) is 13.2. The highest BCUT2D eigenvalue weighted by atomic mass is 35.5. The van der Waals surface area contributed by atoms with E-state index in [1.165, 1.54) is 17.9 Å². The third kappa shape index (κ3) is 5.76. The maximum absolute atomic E-state index is 14.5. The van der Waals surface area contributed by atoms with Crippen molar-refractivity contribution >= 4 is 40.8 Å². The molecule has 1 aliphatic heterocycles. The molecule has 2 aromatic heterocycles. The predicted octanol–water partition coefficient (Wildman–Crippen LogP) is 5.93. The van der Waals surface area contributed by atoms with Crippen molar-refractivity contribution in [2.45, 2.75) is 38.6 Å². The van der Waals surface area contributed by atoms with Gasteiger partial charge in [0.15, 0.2) is 11.6 Å². The number of methoxy groups -OCH3 is 1. The van der Waals surface area contributed by atoms with Gasteiger partial charge in [-0.15, -0.1) is 5.10 Å². The first-order chi connectivity index (χ1) is 19.4. The summed E-state index contributed by atoms with van der Waals surface area (Å²) in [5, 5.41) is 17.2. The number of aromatic nitrogens is 5. The molecule has 1 aliphatic rings. The number of nitrogens with zero attached hydrogens (tertiary/aromatic N) is 4. The number of halogens is 2. The highest BCUT2D eigenvalue weighted by Crippen LogP contribution is 2.34. The molecule has 13 heteroatoms. The van der Waals surface area contributed by atoms with Crippen molar-refractivity contribution in [3.05, 3.63) is 65.5 Å². The summed E-state index contributed by atoms with van der Waals surface area (Å²) in [6.45, 7) is 1.98. The van der Waals surface area contributed by atoms with Gasteiger partial charge < -0.3 is 20.4 Å². The number of hydrogen-bond donors (Lipinski definition) is 4. The molecular formula is C27H28ClFN8O3. The Morgan fingerprint density at radius 3 is 2.92 bits per heavy atom. The first kappa shape index (κ1) is 27.1. The highest BCUT2D eigenvalue weighted by Gasteiger charge is 2.24. The van der Waals surface area contributed by atoms with Gasteiger partial charge in [0.05, 0.1) is 41.9 Å². The van der Waals surface area contributed by atoms with E-state index in [0.29, 0.717) is 53.5 Å². The minimum atomic E-state index is -0.612. The molecule has 4 N–H and O–H groups in total. The zero-order valence-corrected chi connectivity index (χ0v) is 22.6. The summed E-state index contributed by atoms with van der Waals surface area (Å²) in [6.07, 6.45) is 5.37. The fourth-order valence-corrected chi connectivity index (χ4v) is 4.85. The Morgan fingerprint density at radius 2 is 2.12 bits per heavy atom. The van der Waals surface area contributed by atoms with Crippen LogP contribution in [0.3, 0.4) is 0 Å². The molecular weight excluding hydrogens is 539 g/mol. The van der Waals surface area contributed by atoms with Crippen LogP contribution in [0.4, 0.5) is 26.4 Å². The number of aromatic amines is 1. The molecule has 0 unspecified atom stereocenters. The Balaban J connectivity index is 1.47. The van der Waals surface area contributed by atoms with Crippen LogP contribution in [0.15, 0.2) is 48.8 Å². The highest BCUT2D eigenvalue weighted by molar-refractivity contribution is 6.30. The number of fused-ring (bicyclic) bond motifs is 4. The Morgan fingerprint density at radius 1 is 1.27 bits per heavy atom. The molecule has 0 saturated heterocycles. The number of carbonyl (C=O) groups excluding carboxylic acids is 2. The molecule has 5 rings (SSSR count). The SMILES string of the molecule is CC[C@@H]1CCC[C@H](Nc2cn(-c3cccc(Cl)c3F)nn2)c2ncc([nH]2)-c2ccc(NC(=O)OC)cc2NC1=O. The van der Waals surface area contributed by atoms with E-state index in [0.717, 1.165) is 6.42 Å². The summed E-state index contributed by atoms with van der Waals surface area (Å²) in [5.74, 6) is 0.197. The van der Waals surface area contributed by atoms with Crippen LogP contribution in [0.5, 0.6) is 0 Å². The van der Waals surface area contributed by atoms with Crippen molar-refractivity contribution < 1.29 is 18.7 Å². The standard InChI is InChI=1S/C27H28ClFN8O3/c1-3-15-6-4-8-19(32-23-14-37(36-35-23)22-9-5-7-18(28)24(22)29)25-30-13-21(33-25)17-11-10-16(31-27(39)40-2)12-20(17)34-26(15)38/h5,7,9-15,19,32H,3-4,6,8H2,1-2H3,(H,30,33)(H,31,39)(H,34,38)/t15-,19+/m1/s1. The number of imidazole rings is 1. The molecule has 3 heterocycles. The van der Waals surface area contributed by atoms with E-state index in [2.05, 4.69) is 36.2 Å². The normalized spacial score (nSPS) is 17.1. The molecule has 0 spiro atoms. The van der Waals surface area contributed by atoms with E-state index in [9.17, 15) is 14.0 Å². The molecule has 4 aromatic rings. The largest absolute Gasteiger partial charge is 0.453 e. The second kappa shape index (κ2) is 11.7. The van der Waals surface area contributed by atoms with Crippen molar-refractivity contribution in [1.29, 1.82) is 0 Å². The zero-order chi connectivity index (χ0) is 28.2. The number of ether oxygens (including phenoxy) is 1. The lowest BCUT2D eigenvalue weighted by Gasteiger charge is -2.21. The fourth-order valence-electron chi connectivity index (χ4n) is 4.68. The van der Waals surface area contributed by atoms with Crippen LogP contribution in [0, 0.1) is 11.7 Å². The van der Waals surface area contributed by atoms with E-state index in [4.69, 9.17) is 16.3 Å². The number of H-pyrrole nitrogens is 1. The van der Waals surface area contributed by atoms with Crippen LogP contribution < -0.4 is 16.0 Å². The van der Waals surface area contributed by atoms with Crippen LogP contribution in [0.25, 0.3) is 16.9 Å². The average molecular weight is 567 g/mol.